The normalized spacial score (nSPS) is 10.4. The van der Waals surface area contributed by atoms with Crippen molar-refractivity contribution >= 4 is 28.5 Å². The van der Waals surface area contributed by atoms with Crippen molar-refractivity contribution in [3.63, 3.8) is 0 Å². The van der Waals surface area contributed by atoms with Crippen molar-refractivity contribution in [3.05, 3.63) is 83.9 Å². The zero-order valence-electron chi connectivity index (χ0n) is 19.0. The number of hydrogen-bond acceptors (Lipinski definition) is 5. The molecule has 0 spiro atoms. The second-order valence-electron chi connectivity index (χ2n) is 7.54. The lowest BCUT2D eigenvalue weighted by molar-refractivity contribution is 0.0939. The van der Waals surface area contributed by atoms with Crippen LogP contribution in [0.2, 0.25) is 0 Å². The van der Waals surface area contributed by atoms with Crippen LogP contribution in [0.25, 0.3) is 22.2 Å². The van der Waals surface area contributed by atoms with Crippen LogP contribution in [-0.4, -0.2) is 31.1 Å². The molecule has 3 aromatic carbocycles. The maximum absolute atomic E-state index is 13.1. The largest absolute Gasteiger partial charge is 0.497 e. The summed E-state index contributed by atoms with van der Waals surface area (Å²) in [6.45, 7) is 1.92. The molecule has 0 aliphatic heterocycles. The second kappa shape index (κ2) is 9.91. The maximum atomic E-state index is 13.1. The van der Waals surface area contributed by atoms with Gasteiger partial charge < -0.3 is 14.8 Å². The van der Waals surface area contributed by atoms with Crippen LogP contribution in [0.4, 0.5) is 10.5 Å². The number of rotatable bonds is 5. The number of nitrogens with zero attached hydrogens (tertiary/aromatic N) is 1. The van der Waals surface area contributed by atoms with E-state index < -0.39 is 11.9 Å². The molecular formula is C26H24N4O4. The van der Waals surface area contributed by atoms with Crippen LogP contribution in [-0.2, 0) is 0 Å². The highest BCUT2D eigenvalue weighted by Crippen LogP contribution is 2.34. The monoisotopic (exact) mass is 456 g/mol. The number of methoxy groups -OCH3 is 2. The zero-order valence-corrected chi connectivity index (χ0v) is 19.0. The van der Waals surface area contributed by atoms with Crippen molar-refractivity contribution in [1.29, 1.82) is 0 Å². The van der Waals surface area contributed by atoms with Crippen molar-refractivity contribution in [2.45, 2.75) is 6.92 Å². The van der Waals surface area contributed by atoms with Gasteiger partial charge in [-0.25, -0.2) is 15.2 Å². The Bertz CT molecular complexity index is 1370. The van der Waals surface area contributed by atoms with Crippen LogP contribution in [0.3, 0.4) is 0 Å². The SMILES string of the molecule is COc1ccc(OC)c(-c2cc(C(=O)NNC(=O)Nc3cccc(C)c3)c3ccccc3n2)c1. The molecule has 4 rings (SSSR count). The number of hydrogen-bond donors (Lipinski definition) is 3. The number of nitrogens with one attached hydrogen (secondary N) is 3. The molecule has 0 saturated heterocycles. The molecule has 8 heteroatoms. The number of amides is 3. The van der Waals surface area contributed by atoms with Crippen molar-refractivity contribution in [1.82, 2.24) is 15.8 Å². The second-order valence-corrected chi connectivity index (χ2v) is 7.54. The molecule has 0 aliphatic carbocycles. The van der Waals surface area contributed by atoms with Crippen LogP contribution in [0.1, 0.15) is 15.9 Å². The summed E-state index contributed by atoms with van der Waals surface area (Å²) in [5.41, 5.74) is 8.67. The maximum Gasteiger partial charge on any atom is 0.337 e. The highest BCUT2D eigenvalue weighted by atomic mass is 16.5. The molecule has 0 atom stereocenters. The summed E-state index contributed by atoms with van der Waals surface area (Å²) in [6.07, 6.45) is 0. The first-order chi connectivity index (χ1) is 16.5. The molecule has 3 amide bonds. The van der Waals surface area contributed by atoms with Gasteiger partial charge in [-0.3, -0.25) is 10.2 Å². The number of carbonyl (C=O) groups excluding carboxylic acids is 2. The number of aromatic nitrogens is 1. The molecular weight excluding hydrogens is 432 g/mol. The van der Waals surface area contributed by atoms with Gasteiger partial charge in [0.1, 0.15) is 11.5 Å². The van der Waals surface area contributed by atoms with Crippen molar-refractivity contribution in [2.75, 3.05) is 19.5 Å². The summed E-state index contributed by atoms with van der Waals surface area (Å²) >= 11 is 0. The zero-order chi connectivity index (χ0) is 24.1. The van der Waals surface area contributed by atoms with Crippen LogP contribution in [0.5, 0.6) is 11.5 Å². The number of urea groups is 1. The first-order valence-corrected chi connectivity index (χ1v) is 10.5. The number of carbonyl (C=O) groups is 2. The molecule has 0 unspecified atom stereocenters. The van der Waals surface area contributed by atoms with Crippen molar-refractivity contribution in [3.8, 4) is 22.8 Å². The van der Waals surface area contributed by atoms with E-state index in [-0.39, 0.29) is 0 Å². The predicted octanol–water partition coefficient (Wildman–Crippen LogP) is 4.69. The third-order valence-corrected chi connectivity index (χ3v) is 5.21. The quantitative estimate of drug-likeness (QED) is 0.378. The molecule has 34 heavy (non-hydrogen) atoms. The smallest absolute Gasteiger partial charge is 0.337 e. The molecule has 1 heterocycles. The average Bonchev–Trinajstić information content (AvgIpc) is 2.86. The van der Waals surface area contributed by atoms with E-state index in [0.717, 1.165) is 5.56 Å². The Kier molecular flexibility index (Phi) is 6.59. The summed E-state index contributed by atoms with van der Waals surface area (Å²) < 4.78 is 10.8. The predicted molar refractivity (Wildman–Crippen MR) is 131 cm³/mol. The number of para-hydroxylation sites is 1. The van der Waals surface area contributed by atoms with Gasteiger partial charge in [0.05, 0.1) is 31.0 Å². The van der Waals surface area contributed by atoms with Gasteiger partial charge in [0.25, 0.3) is 5.91 Å². The summed E-state index contributed by atoms with van der Waals surface area (Å²) in [7, 11) is 3.14. The van der Waals surface area contributed by atoms with Gasteiger partial charge in [-0.05, 0) is 55.0 Å². The van der Waals surface area contributed by atoms with Gasteiger partial charge in [-0.2, -0.15) is 0 Å². The highest BCUT2D eigenvalue weighted by molar-refractivity contribution is 6.08. The fraction of sp³-hybridized carbons (Fsp3) is 0.115. The molecule has 0 radical (unpaired) electrons. The Hall–Kier alpha value is -4.59. The van der Waals surface area contributed by atoms with Crippen molar-refractivity contribution in [2.24, 2.45) is 0 Å². The first kappa shape index (κ1) is 22.6. The van der Waals surface area contributed by atoms with E-state index >= 15 is 0 Å². The van der Waals surface area contributed by atoms with Gasteiger partial charge in [0.2, 0.25) is 0 Å². The Balaban J connectivity index is 1.63. The van der Waals surface area contributed by atoms with Crippen LogP contribution in [0.15, 0.2) is 72.8 Å². The minimum Gasteiger partial charge on any atom is -0.497 e. The number of aryl methyl sites for hydroxylation is 1. The Morgan fingerprint density at radius 1 is 0.853 bits per heavy atom. The number of fused-ring (bicyclic) bond motifs is 1. The lowest BCUT2D eigenvalue weighted by atomic mass is 10.0. The van der Waals surface area contributed by atoms with Gasteiger partial charge in [-0.1, -0.05) is 30.3 Å². The summed E-state index contributed by atoms with van der Waals surface area (Å²) in [6, 6.07) is 21.1. The minimum atomic E-state index is -0.563. The summed E-state index contributed by atoms with van der Waals surface area (Å²) in [5, 5.41) is 3.33. The molecule has 4 aromatic rings. The topological polar surface area (TPSA) is 102 Å². The van der Waals surface area contributed by atoms with Gasteiger partial charge in [0.15, 0.2) is 0 Å². The first-order valence-electron chi connectivity index (χ1n) is 10.5. The lowest BCUT2D eigenvalue weighted by Gasteiger charge is -2.14. The minimum absolute atomic E-state index is 0.348. The third-order valence-electron chi connectivity index (χ3n) is 5.21. The lowest BCUT2D eigenvalue weighted by Crippen LogP contribution is -2.44. The molecule has 8 nitrogen and oxygen atoms in total. The van der Waals surface area contributed by atoms with E-state index in [1.165, 1.54) is 0 Å². The fourth-order valence-corrected chi connectivity index (χ4v) is 3.58. The van der Waals surface area contributed by atoms with E-state index in [4.69, 9.17) is 14.5 Å². The van der Waals surface area contributed by atoms with Gasteiger partial charge >= 0.3 is 6.03 Å². The molecule has 1 aromatic heterocycles. The Morgan fingerprint density at radius 3 is 2.44 bits per heavy atom. The number of pyridine rings is 1. The summed E-state index contributed by atoms with van der Waals surface area (Å²) in [4.78, 5) is 30.1. The molecule has 0 aliphatic rings. The van der Waals surface area contributed by atoms with Gasteiger partial charge in [0, 0.05) is 16.6 Å². The Morgan fingerprint density at radius 2 is 1.68 bits per heavy atom. The number of hydrazine groups is 1. The molecule has 172 valence electrons. The van der Waals surface area contributed by atoms with Gasteiger partial charge in [-0.15, -0.1) is 0 Å². The van der Waals surface area contributed by atoms with E-state index in [0.29, 0.717) is 44.9 Å². The number of benzene rings is 3. The molecule has 3 N–H and O–H groups in total. The van der Waals surface area contributed by atoms with E-state index in [1.807, 2.05) is 43.3 Å². The van der Waals surface area contributed by atoms with E-state index in [9.17, 15) is 9.59 Å². The highest BCUT2D eigenvalue weighted by Gasteiger charge is 2.17. The molecule has 0 saturated carbocycles. The van der Waals surface area contributed by atoms with E-state index in [2.05, 4.69) is 16.2 Å². The number of ether oxygens (including phenoxy) is 2. The third kappa shape index (κ3) is 4.91. The van der Waals surface area contributed by atoms with E-state index in [1.54, 1.807) is 50.6 Å². The van der Waals surface area contributed by atoms with Crippen LogP contribution < -0.4 is 25.6 Å². The van der Waals surface area contributed by atoms with Crippen molar-refractivity contribution < 1.29 is 19.1 Å². The average molecular weight is 457 g/mol. The molecule has 0 bridgehead atoms. The molecule has 0 fully saturated rings. The number of anilines is 1. The summed E-state index contributed by atoms with van der Waals surface area (Å²) in [5.74, 6) is 0.734. The van der Waals surface area contributed by atoms with Crippen LogP contribution in [0, 0.1) is 6.92 Å². The van der Waals surface area contributed by atoms with Crippen LogP contribution >= 0.6 is 0 Å². The fourth-order valence-electron chi connectivity index (χ4n) is 3.58. The Labute approximate surface area is 196 Å². The standard InChI is InChI=1S/C26H24N4O4/c1-16-7-6-8-17(13-16)27-26(32)30-29-25(31)20-15-23(28-22-10-5-4-9-19(20)22)21-14-18(33-2)11-12-24(21)34-3/h4-15H,1-3H3,(H,29,31)(H2,27,30,32).